The Morgan fingerprint density at radius 3 is 2.58 bits per heavy atom. The second-order valence-electron chi connectivity index (χ2n) is 6.69. The van der Waals surface area contributed by atoms with Crippen molar-refractivity contribution in [3.63, 3.8) is 0 Å². The molecule has 3 aromatic rings. The van der Waals surface area contributed by atoms with E-state index in [4.69, 9.17) is 21.1 Å². The smallest absolute Gasteiger partial charge is 0.271 e. The van der Waals surface area contributed by atoms with Gasteiger partial charge in [-0.1, -0.05) is 41.9 Å². The van der Waals surface area contributed by atoms with Crippen molar-refractivity contribution < 1.29 is 14.3 Å². The topological polar surface area (TPSA) is 59.9 Å². The van der Waals surface area contributed by atoms with Crippen LogP contribution >= 0.6 is 34.2 Å². The minimum atomic E-state index is -0.253. The average molecular weight is 549 g/mol. The lowest BCUT2D eigenvalue weighted by molar-refractivity contribution is 0.0954. The maximum Gasteiger partial charge on any atom is 0.271 e. The first-order chi connectivity index (χ1) is 15.0. The minimum Gasteiger partial charge on any atom is -0.490 e. The summed E-state index contributed by atoms with van der Waals surface area (Å²) in [4.78, 5) is 12.3. The van der Waals surface area contributed by atoms with Gasteiger partial charge in [0.15, 0.2) is 11.5 Å². The molecule has 0 unspecified atom stereocenters. The van der Waals surface area contributed by atoms with E-state index in [0.29, 0.717) is 35.3 Å². The lowest BCUT2D eigenvalue weighted by Crippen LogP contribution is -2.18. The Kier molecular flexibility index (Phi) is 8.31. The largest absolute Gasteiger partial charge is 0.490 e. The van der Waals surface area contributed by atoms with Gasteiger partial charge in [-0.2, -0.15) is 5.10 Å². The summed E-state index contributed by atoms with van der Waals surface area (Å²) >= 11 is 8.14. The van der Waals surface area contributed by atoms with Gasteiger partial charge < -0.3 is 9.47 Å². The molecule has 1 amide bonds. The van der Waals surface area contributed by atoms with Crippen molar-refractivity contribution in [2.45, 2.75) is 20.5 Å². The van der Waals surface area contributed by atoms with Crippen molar-refractivity contribution in [3.8, 4) is 11.5 Å². The van der Waals surface area contributed by atoms with E-state index >= 15 is 0 Å². The van der Waals surface area contributed by atoms with Crippen molar-refractivity contribution in [1.82, 2.24) is 5.43 Å². The number of nitrogens with zero attached hydrogens (tertiary/aromatic N) is 1. The number of carbonyl (C=O) groups is 1. The van der Waals surface area contributed by atoms with Crippen LogP contribution in [-0.2, 0) is 6.61 Å². The predicted molar refractivity (Wildman–Crippen MR) is 132 cm³/mol. The number of hydrogen-bond acceptors (Lipinski definition) is 4. The molecule has 0 spiro atoms. The molecule has 0 saturated carbocycles. The molecule has 0 aliphatic carbocycles. The number of nitrogens with one attached hydrogen (secondary N) is 1. The van der Waals surface area contributed by atoms with Crippen LogP contribution in [0.2, 0.25) is 5.02 Å². The van der Waals surface area contributed by atoms with E-state index in [1.165, 1.54) is 0 Å². The average Bonchev–Trinajstić information content (AvgIpc) is 2.75. The fourth-order valence-corrected chi connectivity index (χ4v) is 3.76. The molecule has 1 N–H and O–H groups in total. The lowest BCUT2D eigenvalue weighted by atomic mass is 10.1. The first kappa shape index (κ1) is 23.1. The van der Waals surface area contributed by atoms with Crippen LogP contribution in [0.1, 0.15) is 34.0 Å². The maximum absolute atomic E-state index is 12.3. The van der Waals surface area contributed by atoms with Crippen molar-refractivity contribution in [3.05, 3.63) is 91.5 Å². The van der Waals surface area contributed by atoms with Gasteiger partial charge in [0.25, 0.3) is 5.91 Å². The van der Waals surface area contributed by atoms with Gasteiger partial charge in [0.2, 0.25) is 0 Å². The van der Waals surface area contributed by atoms with Crippen LogP contribution in [0, 0.1) is 10.5 Å². The second-order valence-corrected chi connectivity index (χ2v) is 8.29. The SMILES string of the molecule is CCOc1cc(/C=N/NC(=O)c2ccccc2C)cc(I)c1OCc1ccc(Cl)cc1. The summed E-state index contributed by atoms with van der Waals surface area (Å²) in [5.74, 6) is 1.03. The highest BCUT2D eigenvalue weighted by Crippen LogP contribution is 2.34. The molecule has 0 aliphatic rings. The molecule has 0 fully saturated rings. The van der Waals surface area contributed by atoms with Gasteiger partial charge in [0.1, 0.15) is 6.61 Å². The molecule has 3 aromatic carbocycles. The molecule has 5 nitrogen and oxygen atoms in total. The molecule has 0 aliphatic heterocycles. The fourth-order valence-electron chi connectivity index (χ4n) is 2.85. The maximum atomic E-state index is 12.3. The number of carbonyl (C=O) groups excluding carboxylic acids is 1. The monoisotopic (exact) mass is 548 g/mol. The van der Waals surface area contributed by atoms with Crippen molar-refractivity contribution >= 4 is 46.3 Å². The number of aryl methyl sites for hydroxylation is 1. The van der Waals surface area contributed by atoms with Crippen molar-refractivity contribution in [1.29, 1.82) is 0 Å². The molecule has 0 radical (unpaired) electrons. The number of hydrazone groups is 1. The third-order valence-corrected chi connectivity index (χ3v) is 5.45. The number of rotatable bonds is 8. The Morgan fingerprint density at radius 2 is 1.87 bits per heavy atom. The highest BCUT2D eigenvalue weighted by atomic mass is 127. The molecular formula is C24H22ClIN2O3. The summed E-state index contributed by atoms with van der Waals surface area (Å²) in [5.41, 5.74) is 5.85. The first-order valence-electron chi connectivity index (χ1n) is 9.70. The molecule has 0 aromatic heterocycles. The zero-order chi connectivity index (χ0) is 22.2. The minimum absolute atomic E-state index is 0.253. The molecule has 0 heterocycles. The second kappa shape index (κ2) is 11.2. The zero-order valence-electron chi connectivity index (χ0n) is 17.2. The van der Waals surface area contributed by atoms with E-state index in [-0.39, 0.29) is 5.91 Å². The number of halogens is 2. The van der Waals surface area contributed by atoms with Gasteiger partial charge >= 0.3 is 0 Å². The van der Waals surface area contributed by atoms with Crippen LogP contribution in [0.5, 0.6) is 11.5 Å². The molecule has 0 atom stereocenters. The summed E-state index contributed by atoms with van der Waals surface area (Å²) in [6.07, 6.45) is 1.59. The van der Waals surface area contributed by atoms with Crippen LogP contribution in [0.4, 0.5) is 0 Å². The molecule has 31 heavy (non-hydrogen) atoms. The summed E-state index contributed by atoms with van der Waals surface area (Å²) in [7, 11) is 0. The Morgan fingerprint density at radius 1 is 1.13 bits per heavy atom. The van der Waals surface area contributed by atoms with Crippen LogP contribution in [-0.4, -0.2) is 18.7 Å². The third kappa shape index (κ3) is 6.45. The summed E-state index contributed by atoms with van der Waals surface area (Å²) in [6, 6.07) is 18.6. The number of amides is 1. The van der Waals surface area contributed by atoms with Gasteiger partial charge in [-0.25, -0.2) is 5.43 Å². The Balaban J connectivity index is 1.73. The normalized spacial score (nSPS) is 10.8. The van der Waals surface area contributed by atoms with Gasteiger partial charge in [-0.3, -0.25) is 4.79 Å². The number of benzene rings is 3. The Hall–Kier alpha value is -2.58. The van der Waals surface area contributed by atoms with Gasteiger partial charge in [-0.05, 0) is 83.5 Å². The quantitative estimate of drug-likeness (QED) is 0.214. The van der Waals surface area contributed by atoms with E-state index in [9.17, 15) is 4.79 Å². The fraction of sp³-hybridized carbons (Fsp3) is 0.167. The summed E-state index contributed by atoms with van der Waals surface area (Å²) in [5, 5.41) is 4.78. The lowest BCUT2D eigenvalue weighted by Gasteiger charge is -2.15. The number of ether oxygens (including phenoxy) is 2. The van der Waals surface area contributed by atoms with Crippen LogP contribution in [0.3, 0.4) is 0 Å². The molecule has 160 valence electrons. The third-order valence-electron chi connectivity index (χ3n) is 4.40. The first-order valence-corrected chi connectivity index (χ1v) is 11.2. The van der Waals surface area contributed by atoms with Crippen LogP contribution in [0.15, 0.2) is 65.8 Å². The van der Waals surface area contributed by atoms with E-state index in [1.807, 2.05) is 68.4 Å². The molecule has 0 bridgehead atoms. The number of hydrogen-bond donors (Lipinski definition) is 1. The van der Waals surface area contributed by atoms with Crippen molar-refractivity contribution in [2.24, 2.45) is 5.10 Å². The van der Waals surface area contributed by atoms with Crippen LogP contribution in [0.25, 0.3) is 0 Å². The Labute approximate surface area is 200 Å². The van der Waals surface area contributed by atoms with E-state index in [0.717, 1.165) is 20.3 Å². The summed E-state index contributed by atoms with van der Waals surface area (Å²) in [6.45, 7) is 4.70. The summed E-state index contributed by atoms with van der Waals surface area (Å²) < 4.78 is 12.7. The van der Waals surface area contributed by atoms with E-state index in [2.05, 4.69) is 33.1 Å². The van der Waals surface area contributed by atoms with Gasteiger partial charge in [-0.15, -0.1) is 0 Å². The van der Waals surface area contributed by atoms with E-state index in [1.54, 1.807) is 12.3 Å². The van der Waals surface area contributed by atoms with E-state index < -0.39 is 0 Å². The highest BCUT2D eigenvalue weighted by molar-refractivity contribution is 14.1. The van der Waals surface area contributed by atoms with Gasteiger partial charge in [0, 0.05) is 10.6 Å². The van der Waals surface area contributed by atoms with Gasteiger partial charge in [0.05, 0.1) is 16.4 Å². The van der Waals surface area contributed by atoms with Crippen molar-refractivity contribution in [2.75, 3.05) is 6.61 Å². The predicted octanol–water partition coefficient (Wildman–Crippen LogP) is 5.99. The molecule has 3 rings (SSSR count). The highest BCUT2D eigenvalue weighted by Gasteiger charge is 2.12. The Bertz CT molecular complexity index is 1080. The molecule has 0 saturated heterocycles. The molecule has 7 heteroatoms. The van der Waals surface area contributed by atoms with Crippen LogP contribution < -0.4 is 14.9 Å². The standard InChI is InChI=1S/C24H22ClIN2O3/c1-3-30-22-13-18(14-27-28-24(29)20-7-5-4-6-16(20)2)12-21(26)23(22)31-15-17-8-10-19(25)11-9-17/h4-14H,3,15H2,1-2H3,(H,28,29)/b27-14+. The molecular weight excluding hydrogens is 527 g/mol. The zero-order valence-corrected chi connectivity index (χ0v) is 20.1.